The number of hydrogen-bond donors (Lipinski definition) is 2. The lowest BCUT2D eigenvalue weighted by molar-refractivity contribution is 0.0689. The highest BCUT2D eigenvalue weighted by Crippen LogP contribution is 2.29. The lowest BCUT2D eigenvalue weighted by Crippen LogP contribution is -2.15. The molecule has 8 heteroatoms. The SMILES string of the molecule is Cc1cc(C(=O)O)c(S(=O)(=O)Cl)c(C(=O)O)c1C. The molecule has 0 bridgehead atoms. The zero-order chi connectivity index (χ0) is 14.2. The van der Waals surface area contributed by atoms with Crippen LogP contribution in [0.4, 0.5) is 0 Å². The van der Waals surface area contributed by atoms with E-state index in [-0.39, 0.29) is 5.56 Å². The van der Waals surface area contributed by atoms with Crippen molar-refractivity contribution in [1.29, 1.82) is 0 Å². The Morgan fingerprint density at radius 1 is 1.17 bits per heavy atom. The standard InChI is InChI=1S/C10H9ClO6S/c1-4-3-6(9(12)13)8(18(11,16)17)7(5(4)2)10(14)15/h3H,1-2H3,(H,12,13)(H,14,15). The summed E-state index contributed by atoms with van der Waals surface area (Å²) in [5.41, 5.74) is -0.742. The first kappa shape index (κ1) is 14.5. The summed E-state index contributed by atoms with van der Waals surface area (Å²) in [6, 6.07) is 1.08. The normalized spacial score (nSPS) is 11.3. The van der Waals surface area contributed by atoms with E-state index in [1.165, 1.54) is 13.8 Å². The number of carboxylic acid groups (broad SMARTS) is 2. The van der Waals surface area contributed by atoms with Crippen LogP contribution in [-0.2, 0) is 9.05 Å². The zero-order valence-corrected chi connectivity index (χ0v) is 11.0. The molecule has 6 nitrogen and oxygen atoms in total. The minimum Gasteiger partial charge on any atom is -0.478 e. The number of hydrogen-bond acceptors (Lipinski definition) is 4. The lowest BCUT2D eigenvalue weighted by Gasteiger charge is -2.12. The van der Waals surface area contributed by atoms with Crippen molar-refractivity contribution in [2.75, 3.05) is 0 Å². The zero-order valence-electron chi connectivity index (χ0n) is 9.39. The maximum atomic E-state index is 11.4. The first-order valence-electron chi connectivity index (χ1n) is 4.62. The maximum absolute atomic E-state index is 11.4. The highest BCUT2D eigenvalue weighted by atomic mass is 35.7. The molecule has 0 aliphatic carbocycles. The van der Waals surface area contributed by atoms with Gasteiger partial charge in [-0.15, -0.1) is 0 Å². The fourth-order valence-electron chi connectivity index (χ4n) is 1.56. The quantitative estimate of drug-likeness (QED) is 0.820. The van der Waals surface area contributed by atoms with Crippen LogP contribution in [0.2, 0.25) is 0 Å². The summed E-state index contributed by atoms with van der Waals surface area (Å²) in [4.78, 5) is 21.2. The molecule has 1 rings (SSSR count). The Kier molecular flexibility index (Phi) is 3.68. The number of aryl methyl sites for hydroxylation is 1. The van der Waals surface area contributed by atoms with Gasteiger partial charge < -0.3 is 10.2 Å². The number of halogens is 1. The van der Waals surface area contributed by atoms with Gasteiger partial charge in [0.25, 0.3) is 9.05 Å². The fourth-order valence-corrected chi connectivity index (χ4v) is 2.94. The third-order valence-corrected chi connectivity index (χ3v) is 3.86. The molecule has 0 unspecified atom stereocenters. The van der Waals surface area contributed by atoms with Gasteiger partial charge in [0.1, 0.15) is 4.90 Å². The molecule has 0 saturated carbocycles. The van der Waals surface area contributed by atoms with E-state index < -0.39 is 37.0 Å². The molecule has 0 saturated heterocycles. The van der Waals surface area contributed by atoms with Gasteiger partial charge in [0.15, 0.2) is 0 Å². The van der Waals surface area contributed by atoms with Crippen LogP contribution in [0.1, 0.15) is 31.8 Å². The van der Waals surface area contributed by atoms with E-state index in [9.17, 15) is 18.0 Å². The molecular formula is C10H9ClO6S. The Morgan fingerprint density at radius 3 is 2.00 bits per heavy atom. The molecule has 0 amide bonds. The Bertz CT molecular complexity index is 647. The molecule has 0 atom stereocenters. The van der Waals surface area contributed by atoms with Crippen molar-refractivity contribution >= 4 is 31.7 Å². The Labute approximate surface area is 107 Å². The van der Waals surface area contributed by atoms with E-state index in [0.717, 1.165) is 6.07 Å². The highest BCUT2D eigenvalue weighted by molar-refractivity contribution is 8.13. The van der Waals surface area contributed by atoms with Gasteiger partial charge in [0.2, 0.25) is 0 Å². The predicted octanol–water partition coefficient (Wildman–Crippen LogP) is 1.63. The van der Waals surface area contributed by atoms with E-state index in [1.807, 2.05) is 0 Å². The van der Waals surface area contributed by atoms with Crippen LogP contribution in [0.3, 0.4) is 0 Å². The molecule has 0 aliphatic rings. The molecule has 18 heavy (non-hydrogen) atoms. The second-order valence-electron chi connectivity index (χ2n) is 3.62. The molecule has 98 valence electrons. The molecule has 1 aromatic carbocycles. The van der Waals surface area contributed by atoms with Crippen LogP contribution in [0.25, 0.3) is 0 Å². The van der Waals surface area contributed by atoms with Gasteiger partial charge in [-0.1, -0.05) is 0 Å². The van der Waals surface area contributed by atoms with Crippen molar-refractivity contribution in [3.05, 3.63) is 28.3 Å². The summed E-state index contributed by atoms with van der Waals surface area (Å²) < 4.78 is 22.8. The number of aromatic carboxylic acids is 2. The third-order valence-electron chi connectivity index (χ3n) is 2.49. The van der Waals surface area contributed by atoms with E-state index in [0.29, 0.717) is 5.56 Å². The number of carbonyl (C=O) groups is 2. The fraction of sp³-hybridized carbons (Fsp3) is 0.200. The monoisotopic (exact) mass is 292 g/mol. The van der Waals surface area contributed by atoms with E-state index in [4.69, 9.17) is 20.9 Å². The van der Waals surface area contributed by atoms with Gasteiger partial charge in [-0.2, -0.15) is 0 Å². The molecule has 0 heterocycles. The van der Waals surface area contributed by atoms with Gasteiger partial charge in [-0.3, -0.25) is 0 Å². The van der Waals surface area contributed by atoms with Crippen molar-refractivity contribution in [3.63, 3.8) is 0 Å². The minimum atomic E-state index is -4.48. The summed E-state index contributed by atoms with van der Waals surface area (Å²) in [6.45, 7) is 2.87. The summed E-state index contributed by atoms with van der Waals surface area (Å²) in [5, 5.41) is 18.0. The predicted molar refractivity (Wildman–Crippen MR) is 62.9 cm³/mol. The number of rotatable bonds is 3. The van der Waals surface area contributed by atoms with Crippen molar-refractivity contribution in [3.8, 4) is 0 Å². The van der Waals surface area contributed by atoms with Crippen molar-refractivity contribution in [2.45, 2.75) is 18.7 Å². The van der Waals surface area contributed by atoms with E-state index in [2.05, 4.69) is 0 Å². The van der Waals surface area contributed by atoms with Gasteiger partial charge >= 0.3 is 11.9 Å². The number of benzene rings is 1. The van der Waals surface area contributed by atoms with Crippen LogP contribution in [0.15, 0.2) is 11.0 Å². The topological polar surface area (TPSA) is 109 Å². The minimum absolute atomic E-state index is 0.159. The first-order valence-corrected chi connectivity index (χ1v) is 6.93. The molecule has 0 spiro atoms. The smallest absolute Gasteiger partial charge is 0.337 e. The molecular weight excluding hydrogens is 284 g/mol. The molecule has 0 fully saturated rings. The van der Waals surface area contributed by atoms with Crippen LogP contribution < -0.4 is 0 Å². The van der Waals surface area contributed by atoms with Crippen molar-refractivity contribution in [1.82, 2.24) is 0 Å². The Balaban J connectivity index is 4.00. The average molecular weight is 293 g/mol. The third kappa shape index (κ3) is 2.46. The second-order valence-corrected chi connectivity index (χ2v) is 6.12. The molecule has 0 aromatic heterocycles. The van der Waals surface area contributed by atoms with Crippen molar-refractivity contribution < 1.29 is 28.2 Å². The van der Waals surface area contributed by atoms with Crippen LogP contribution in [0, 0.1) is 13.8 Å². The van der Waals surface area contributed by atoms with Crippen molar-refractivity contribution in [2.24, 2.45) is 0 Å². The Hall–Kier alpha value is -1.60. The second kappa shape index (κ2) is 4.58. The first-order chi connectivity index (χ1) is 8.07. The lowest BCUT2D eigenvalue weighted by atomic mass is 9.99. The molecule has 1 aromatic rings. The van der Waals surface area contributed by atoms with E-state index in [1.54, 1.807) is 0 Å². The summed E-state index contributed by atoms with van der Waals surface area (Å²) in [5.74, 6) is -3.10. The highest BCUT2D eigenvalue weighted by Gasteiger charge is 2.30. The van der Waals surface area contributed by atoms with Crippen LogP contribution in [0.5, 0.6) is 0 Å². The van der Waals surface area contributed by atoms with Gasteiger partial charge in [0, 0.05) is 10.7 Å². The van der Waals surface area contributed by atoms with Gasteiger partial charge in [-0.05, 0) is 31.0 Å². The van der Waals surface area contributed by atoms with Crippen LogP contribution in [-0.4, -0.2) is 30.6 Å². The summed E-state index contributed by atoms with van der Waals surface area (Å²) in [7, 11) is 0.644. The maximum Gasteiger partial charge on any atom is 0.337 e. The molecule has 0 aliphatic heterocycles. The largest absolute Gasteiger partial charge is 0.478 e. The summed E-state index contributed by atoms with van der Waals surface area (Å²) >= 11 is 0. The van der Waals surface area contributed by atoms with E-state index >= 15 is 0 Å². The van der Waals surface area contributed by atoms with Crippen LogP contribution >= 0.6 is 10.7 Å². The van der Waals surface area contributed by atoms with Gasteiger partial charge in [-0.25, -0.2) is 18.0 Å². The average Bonchev–Trinajstić information content (AvgIpc) is 2.18. The Morgan fingerprint density at radius 2 is 1.67 bits per heavy atom. The van der Waals surface area contributed by atoms with Gasteiger partial charge in [0.05, 0.1) is 11.1 Å². The summed E-state index contributed by atoms with van der Waals surface area (Å²) in [6.07, 6.45) is 0. The molecule has 2 N–H and O–H groups in total. The number of carboxylic acids is 2. The molecule has 0 radical (unpaired) electrons.